The lowest BCUT2D eigenvalue weighted by Gasteiger charge is -2.16. The second kappa shape index (κ2) is 6.52. The van der Waals surface area contributed by atoms with E-state index in [1.807, 2.05) is 53.1 Å². The van der Waals surface area contributed by atoms with Crippen LogP contribution in [0.25, 0.3) is 58.3 Å². The van der Waals surface area contributed by atoms with Gasteiger partial charge < -0.3 is 0 Å². The predicted octanol–water partition coefficient (Wildman–Crippen LogP) is 7.67. The van der Waals surface area contributed by atoms with E-state index in [2.05, 4.69) is 54.6 Å². The van der Waals surface area contributed by atoms with E-state index >= 15 is 0 Å². The molecule has 150 valence electrons. The Kier molecular flexibility index (Phi) is 3.61. The van der Waals surface area contributed by atoms with Crippen LogP contribution in [0.2, 0.25) is 0 Å². The maximum absolute atomic E-state index is 13.9. The molecule has 2 nitrogen and oxygen atoms in total. The Labute approximate surface area is 187 Å². The third-order valence-electron chi connectivity index (χ3n) is 6.38. The van der Waals surface area contributed by atoms with Gasteiger partial charge in [-0.15, -0.1) is 11.3 Å². The lowest BCUT2D eigenvalue weighted by Crippen LogP contribution is -2.19. The molecule has 2 aromatic heterocycles. The minimum Gasteiger partial charge on any atom is -0.275 e. The van der Waals surface area contributed by atoms with Gasteiger partial charge in [0.05, 0.1) is 10.2 Å². The van der Waals surface area contributed by atoms with E-state index in [4.69, 9.17) is 0 Å². The van der Waals surface area contributed by atoms with Gasteiger partial charge in [0, 0.05) is 31.9 Å². The molecule has 5 aromatic carbocycles. The summed E-state index contributed by atoms with van der Waals surface area (Å²) in [5, 5.41) is 7.78. The van der Waals surface area contributed by atoms with Gasteiger partial charge >= 0.3 is 0 Å². The first-order chi connectivity index (χ1) is 15.8. The molecule has 0 saturated heterocycles. The van der Waals surface area contributed by atoms with Gasteiger partial charge in [0.1, 0.15) is 0 Å². The normalized spacial score (nSPS) is 11.9. The van der Waals surface area contributed by atoms with E-state index in [1.54, 1.807) is 11.3 Å². The molecular weight excluding hydrogens is 410 g/mol. The number of thiophene rings is 1. The zero-order chi connectivity index (χ0) is 21.2. The topological polar surface area (TPSA) is 22.0 Å². The van der Waals surface area contributed by atoms with Crippen LogP contribution in [0.3, 0.4) is 0 Å². The van der Waals surface area contributed by atoms with Crippen LogP contribution >= 0.6 is 11.3 Å². The summed E-state index contributed by atoms with van der Waals surface area (Å²) < 4.78 is 4.31. The van der Waals surface area contributed by atoms with E-state index in [1.165, 1.54) is 26.2 Å². The average molecular weight is 428 g/mol. The molecule has 7 aromatic rings. The Balaban J connectivity index is 1.93. The van der Waals surface area contributed by atoms with Crippen molar-refractivity contribution < 1.29 is 0 Å². The van der Waals surface area contributed by atoms with Gasteiger partial charge in [0.2, 0.25) is 0 Å². The van der Waals surface area contributed by atoms with Gasteiger partial charge in [-0.1, -0.05) is 78.9 Å². The first-order valence-corrected chi connectivity index (χ1v) is 11.5. The molecule has 0 bridgehead atoms. The summed E-state index contributed by atoms with van der Waals surface area (Å²) >= 11 is 1.77. The molecule has 0 aliphatic rings. The molecule has 32 heavy (non-hydrogen) atoms. The number of rotatable bonds is 1. The summed E-state index contributed by atoms with van der Waals surface area (Å²) in [6, 6.07) is 35.2. The Morgan fingerprint density at radius 1 is 0.531 bits per heavy atom. The van der Waals surface area contributed by atoms with Crippen LogP contribution < -0.4 is 5.56 Å². The molecule has 0 unspecified atom stereocenters. The first-order valence-electron chi connectivity index (χ1n) is 10.7. The maximum atomic E-state index is 13.9. The fraction of sp³-hybridized carbons (Fsp3) is 0. The summed E-state index contributed by atoms with van der Waals surface area (Å²) in [6.45, 7) is 0. The number of benzene rings is 5. The minimum atomic E-state index is 0.0216. The maximum Gasteiger partial charge on any atom is 0.263 e. The molecule has 0 aliphatic carbocycles. The van der Waals surface area contributed by atoms with Crippen LogP contribution in [0.15, 0.2) is 108 Å². The summed E-state index contributed by atoms with van der Waals surface area (Å²) in [4.78, 5) is 13.9. The van der Waals surface area contributed by atoms with Gasteiger partial charge in [-0.25, -0.2) is 0 Å². The van der Waals surface area contributed by atoms with Crippen molar-refractivity contribution in [3.63, 3.8) is 0 Å². The molecule has 0 saturated carbocycles. The number of nitrogens with zero attached hydrogens (tertiary/aromatic N) is 1. The van der Waals surface area contributed by atoms with Gasteiger partial charge in [-0.3, -0.25) is 9.36 Å². The predicted molar refractivity (Wildman–Crippen MR) is 137 cm³/mol. The van der Waals surface area contributed by atoms with Crippen molar-refractivity contribution in [2.45, 2.75) is 0 Å². The summed E-state index contributed by atoms with van der Waals surface area (Å²) in [5.74, 6) is 0. The second-order valence-corrected chi connectivity index (χ2v) is 9.15. The molecule has 0 atom stereocenters. The Morgan fingerprint density at radius 2 is 1.06 bits per heavy atom. The zero-order valence-corrected chi connectivity index (χ0v) is 17.9. The third kappa shape index (κ3) is 2.26. The monoisotopic (exact) mass is 427 g/mol. The summed E-state index contributed by atoms with van der Waals surface area (Å²) in [7, 11) is 0. The largest absolute Gasteiger partial charge is 0.275 e. The molecular formula is C29H17NOS. The van der Waals surface area contributed by atoms with Crippen LogP contribution in [-0.4, -0.2) is 4.57 Å². The summed E-state index contributed by atoms with van der Waals surface area (Å²) in [5.41, 5.74) is 1.91. The van der Waals surface area contributed by atoms with Crippen molar-refractivity contribution in [3.8, 4) is 5.69 Å². The highest BCUT2D eigenvalue weighted by molar-refractivity contribution is 7.27. The van der Waals surface area contributed by atoms with E-state index < -0.39 is 0 Å². The quantitative estimate of drug-likeness (QED) is 0.246. The average Bonchev–Trinajstić information content (AvgIpc) is 3.25. The molecule has 0 N–H and O–H groups in total. The van der Waals surface area contributed by atoms with Crippen molar-refractivity contribution >= 4 is 64.0 Å². The molecule has 2 heterocycles. The number of hydrogen-bond acceptors (Lipinski definition) is 2. The highest BCUT2D eigenvalue weighted by Gasteiger charge is 2.20. The standard InChI is InChI=1S/C29H17NOS/c31-29-22-15-7-6-14-21(22)25-19-12-4-5-13-20(19)26-23-16-8-9-17-24(23)32-28(26)27(25)30(29)18-10-2-1-3-11-18/h1-17H. The lowest BCUT2D eigenvalue weighted by atomic mass is 9.96. The Bertz CT molecular complexity index is 1890. The van der Waals surface area contributed by atoms with Gasteiger partial charge in [-0.2, -0.15) is 0 Å². The van der Waals surface area contributed by atoms with Gasteiger partial charge in [0.25, 0.3) is 5.56 Å². The number of para-hydroxylation sites is 1. The SMILES string of the molecule is O=c1c2ccccc2c2c3ccccc3c3c4ccccc4sc3c2n1-c1ccccc1. The smallest absolute Gasteiger partial charge is 0.263 e. The molecule has 0 radical (unpaired) electrons. The molecule has 7 rings (SSSR count). The molecule has 0 spiro atoms. The fourth-order valence-corrected chi connectivity index (χ4v) is 6.32. The molecule has 0 fully saturated rings. The first kappa shape index (κ1) is 17.7. The number of hydrogen-bond donors (Lipinski definition) is 0. The number of fused-ring (bicyclic) bond motifs is 10. The van der Waals surface area contributed by atoms with E-state index in [0.29, 0.717) is 0 Å². The van der Waals surface area contributed by atoms with Crippen molar-refractivity contribution in [1.82, 2.24) is 4.57 Å². The van der Waals surface area contributed by atoms with E-state index in [0.717, 1.165) is 32.1 Å². The number of pyridine rings is 1. The van der Waals surface area contributed by atoms with Crippen LogP contribution in [0.5, 0.6) is 0 Å². The van der Waals surface area contributed by atoms with Crippen LogP contribution in [0, 0.1) is 0 Å². The van der Waals surface area contributed by atoms with E-state index in [9.17, 15) is 4.79 Å². The Morgan fingerprint density at radius 3 is 1.78 bits per heavy atom. The summed E-state index contributed by atoms with van der Waals surface area (Å²) in [6.07, 6.45) is 0. The lowest BCUT2D eigenvalue weighted by molar-refractivity contribution is 1.07. The highest BCUT2D eigenvalue weighted by atomic mass is 32.1. The fourth-order valence-electron chi connectivity index (χ4n) is 5.06. The van der Waals surface area contributed by atoms with Crippen molar-refractivity contribution in [1.29, 1.82) is 0 Å². The van der Waals surface area contributed by atoms with Crippen LogP contribution in [0.4, 0.5) is 0 Å². The minimum absolute atomic E-state index is 0.0216. The van der Waals surface area contributed by atoms with Crippen LogP contribution in [0.1, 0.15) is 0 Å². The van der Waals surface area contributed by atoms with E-state index in [-0.39, 0.29) is 5.56 Å². The molecule has 0 amide bonds. The molecule has 0 aliphatic heterocycles. The number of aromatic nitrogens is 1. The molecule has 3 heteroatoms. The third-order valence-corrected chi connectivity index (χ3v) is 7.56. The highest BCUT2D eigenvalue weighted by Crippen LogP contribution is 2.45. The Hall–Kier alpha value is -3.95. The van der Waals surface area contributed by atoms with Crippen molar-refractivity contribution in [2.75, 3.05) is 0 Å². The van der Waals surface area contributed by atoms with Gasteiger partial charge in [0.15, 0.2) is 0 Å². The van der Waals surface area contributed by atoms with Crippen LogP contribution in [-0.2, 0) is 0 Å². The second-order valence-electron chi connectivity index (χ2n) is 8.09. The van der Waals surface area contributed by atoms with Crippen molar-refractivity contribution in [3.05, 3.63) is 113 Å². The van der Waals surface area contributed by atoms with Gasteiger partial charge in [-0.05, 0) is 40.4 Å². The van der Waals surface area contributed by atoms with Crippen molar-refractivity contribution in [2.24, 2.45) is 0 Å². The zero-order valence-electron chi connectivity index (χ0n) is 17.1.